The Balaban J connectivity index is 1.60. The lowest BCUT2D eigenvalue weighted by molar-refractivity contribution is -0.207. The fraction of sp³-hybridized carbons (Fsp3) is 0.409. The monoisotopic (exact) mass is 352 g/mol. The first-order valence-corrected chi connectivity index (χ1v) is 9.26. The van der Waals surface area contributed by atoms with E-state index in [4.69, 9.17) is 4.84 Å². The number of carbonyl (C=O) groups excluding carboxylic acids is 1. The van der Waals surface area contributed by atoms with E-state index in [0.29, 0.717) is 0 Å². The van der Waals surface area contributed by atoms with Crippen molar-refractivity contribution in [1.29, 1.82) is 0 Å². The van der Waals surface area contributed by atoms with Gasteiger partial charge in [0.25, 0.3) is 0 Å². The first-order chi connectivity index (χ1) is 12.4. The third kappa shape index (κ3) is 4.71. The van der Waals surface area contributed by atoms with Gasteiger partial charge in [0, 0.05) is 32.7 Å². The van der Waals surface area contributed by atoms with Gasteiger partial charge in [0.15, 0.2) is 0 Å². The summed E-state index contributed by atoms with van der Waals surface area (Å²) in [6, 6.07) is 19.1. The quantitative estimate of drug-likeness (QED) is 0.833. The Hall–Kier alpha value is -2.17. The molecule has 1 heterocycles. The number of hydrogen-bond acceptors (Lipinski definition) is 4. The van der Waals surface area contributed by atoms with Crippen molar-refractivity contribution in [2.24, 2.45) is 5.41 Å². The molecule has 0 spiro atoms. The fourth-order valence-corrected chi connectivity index (χ4v) is 3.03. The molecule has 1 fully saturated rings. The summed E-state index contributed by atoms with van der Waals surface area (Å²) in [7, 11) is 0. The highest BCUT2D eigenvalue weighted by molar-refractivity contribution is 5.75. The Morgan fingerprint density at radius 1 is 0.923 bits per heavy atom. The topological polar surface area (TPSA) is 32.8 Å². The van der Waals surface area contributed by atoms with E-state index in [9.17, 15) is 4.79 Å². The molecule has 0 aromatic heterocycles. The van der Waals surface area contributed by atoms with Gasteiger partial charge in [0.2, 0.25) is 0 Å². The second-order valence-electron chi connectivity index (χ2n) is 7.86. The van der Waals surface area contributed by atoms with Gasteiger partial charge in [-0.2, -0.15) is 0 Å². The molecule has 3 rings (SSSR count). The number of hydrogen-bond donors (Lipinski definition) is 0. The summed E-state index contributed by atoms with van der Waals surface area (Å²) < 4.78 is 0. The molecular weight excluding hydrogens is 324 g/mol. The normalized spacial score (nSPS) is 16.4. The van der Waals surface area contributed by atoms with Crippen LogP contribution >= 0.6 is 0 Å². The molecule has 0 bridgehead atoms. The van der Waals surface area contributed by atoms with Gasteiger partial charge in [-0.25, -0.2) is 4.79 Å². The summed E-state index contributed by atoms with van der Waals surface area (Å²) in [6.07, 6.45) is 0. The molecule has 0 aliphatic carbocycles. The summed E-state index contributed by atoms with van der Waals surface area (Å²) in [6.45, 7) is 9.82. The maximum absolute atomic E-state index is 12.0. The molecule has 138 valence electrons. The van der Waals surface area contributed by atoms with Crippen LogP contribution in [0.1, 0.15) is 26.3 Å². The summed E-state index contributed by atoms with van der Waals surface area (Å²) >= 11 is 0. The number of carbonyl (C=O) groups is 1. The average molecular weight is 352 g/mol. The van der Waals surface area contributed by atoms with E-state index in [2.05, 4.69) is 53.4 Å². The Labute approximate surface area is 156 Å². The van der Waals surface area contributed by atoms with Gasteiger partial charge in [-0.3, -0.25) is 4.90 Å². The zero-order valence-electron chi connectivity index (χ0n) is 15.9. The third-order valence-electron chi connectivity index (χ3n) is 4.65. The summed E-state index contributed by atoms with van der Waals surface area (Å²) in [4.78, 5) is 20.0. The Morgan fingerprint density at radius 3 is 2.19 bits per heavy atom. The fourth-order valence-electron chi connectivity index (χ4n) is 3.03. The molecule has 2 aromatic rings. The molecule has 1 aliphatic heterocycles. The van der Waals surface area contributed by atoms with Gasteiger partial charge >= 0.3 is 5.97 Å². The van der Waals surface area contributed by atoms with E-state index in [0.717, 1.165) is 32.7 Å². The zero-order valence-corrected chi connectivity index (χ0v) is 15.9. The SMILES string of the molecule is CC(C)(C)C(=O)ON1CCN(Cc2ccccc2-c2ccccc2)CC1. The van der Waals surface area contributed by atoms with Crippen molar-refractivity contribution in [3.8, 4) is 11.1 Å². The van der Waals surface area contributed by atoms with E-state index in [1.54, 1.807) is 5.06 Å². The van der Waals surface area contributed by atoms with Crippen molar-refractivity contribution < 1.29 is 9.63 Å². The molecule has 4 nitrogen and oxygen atoms in total. The van der Waals surface area contributed by atoms with E-state index in [1.807, 2.05) is 26.8 Å². The van der Waals surface area contributed by atoms with E-state index < -0.39 is 5.41 Å². The van der Waals surface area contributed by atoms with Crippen molar-refractivity contribution in [2.45, 2.75) is 27.3 Å². The molecule has 1 aliphatic rings. The highest BCUT2D eigenvalue weighted by atomic mass is 16.7. The molecular formula is C22H28N2O2. The standard InChI is InChI=1S/C22H28N2O2/c1-22(2,3)21(25)26-24-15-13-23(14-16-24)17-19-11-7-8-12-20(19)18-9-5-4-6-10-18/h4-12H,13-17H2,1-3H3. The molecule has 0 N–H and O–H groups in total. The predicted octanol–water partition coefficient (Wildman–Crippen LogP) is 3.98. The van der Waals surface area contributed by atoms with Gasteiger partial charge in [-0.15, -0.1) is 5.06 Å². The smallest absolute Gasteiger partial charge is 0.330 e. The van der Waals surface area contributed by atoms with Crippen molar-refractivity contribution >= 4 is 5.97 Å². The van der Waals surface area contributed by atoms with Crippen molar-refractivity contribution in [3.63, 3.8) is 0 Å². The van der Waals surface area contributed by atoms with Crippen molar-refractivity contribution in [2.75, 3.05) is 26.2 Å². The molecule has 0 unspecified atom stereocenters. The van der Waals surface area contributed by atoms with E-state index >= 15 is 0 Å². The number of rotatable bonds is 4. The van der Waals surface area contributed by atoms with E-state index in [1.165, 1.54) is 16.7 Å². The number of nitrogens with zero attached hydrogens (tertiary/aromatic N) is 2. The third-order valence-corrected chi connectivity index (χ3v) is 4.65. The average Bonchev–Trinajstić information content (AvgIpc) is 2.64. The van der Waals surface area contributed by atoms with Gasteiger partial charge in [-0.05, 0) is 37.5 Å². The van der Waals surface area contributed by atoms with Crippen LogP contribution in [0.3, 0.4) is 0 Å². The first-order valence-electron chi connectivity index (χ1n) is 9.26. The molecule has 26 heavy (non-hydrogen) atoms. The molecule has 0 amide bonds. The molecule has 1 saturated heterocycles. The summed E-state index contributed by atoms with van der Waals surface area (Å²) in [5, 5.41) is 1.80. The highest BCUT2D eigenvalue weighted by Gasteiger charge is 2.27. The Bertz CT molecular complexity index is 729. The maximum atomic E-state index is 12.0. The van der Waals surface area contributed by atoms with Gasteiger partial charge < -0.3 is 4.84 Å². The molecule has 2 aromatic carbocycles. The Morgan fingerprint density at radius 2 is 1.54 bits per heavy atom. The lowest BCUT2D eigenvalue weighted by atomic mass is 9.98. The van der Waals surface area contributed by atoms with Crippen LogP contribution in [-0.2, 0) is 16.2 Å². The number of benzene rings is 2. The molecule has 0 radical (unpaired) electrons. The van der Waals surface area contributed by atoms with Gasteiger partial charge in [0.1, 0.15) is 0 Å². The van der Waals surface area contributed by atoms with Crippen LogP contribution in [0.25, 0.3) is 11.1 Å². The minimum Gasteiger partial charge on any atom is -0.367 e. The first kappa shape index (κ1) is 18.6. The van der Waals surface area contributed by atoms with Crippen LogP contribution < -0.4 is 0 Å². The van der Waals surface area contributed by atoms with Crippen LogP contribution in [0, 0.1) is 5.41 Å². The van der Waals surface area contributed by atoms with Crippen LogP contribution in [0.4, 0.5) is 0 Å². The second-order valence-corrected chi connectivity index (χ2v) is 7.86. The lowest BCUT2D eigenvalue weighted by Gasteiger charge is -2.34. The predicted molar refractivity (Wildman–Crippen MR) is 104 cm³/mol. The minimum atomic E-state index is -0.467. The van der Waals surface area contributed by atoms with Crippen LogP contribution in [-0.4, -0.2) is 42.1 Å². The van der Waals surface area contributed by atoms with Crippen molar-refractivity contribution in [3.05, 3.63) is 60.2 Å². The Kier molecular flexibility index (Phi) is 5.74. The van der Waals surface area contributed by atoms with Crippen LogP contribution in [0.5, 0.6) is 0 Å². The molecule has 4 heteroatoms. The van der Waals surface area contributed by atoms with Gasteiger partial charge in [0.05, 0.1) is 5.41 Å². The van der Waals surface area contributed by atoms with Crippen LogP contribution in [0.2, 0.25) is 0 Å². The van der Waals surface area contributed by atoms with Crippen LogP contribution in [0.15, 0.2) is 54.6 Å². The summed E-state index contributed by atoms with van der Waals surface area (Å²) in [5.74, 6) is -0.166. The highest BCUT2D eigenvalue weighted by Crippen LogP contribution is 2.25. The van der Waals surface area contributed by atoms with Crippen molar-refractivity contribution in [1.82, 2.24) is 9.96 Å². The largest absolute Gasteiger partial charge is 0.367 e. The zero-order chi connectivity index (χ0) is 18.6. The lowest BCUT2D eigenvalue weighted by Crippen LogP contribution is -2.47. The summed E-state index contributed by atoms with van der Waals surface area (Å²) in [5.41, 5.74) is 3.40. The number of hydroxylamine groups is 2. The molecule has 0 atom stereocenters. The van der Waals surface area contributed by atoms with E-state index in [-0.39, 0.29) is 5.97 Å². The van der Waals surface area contributed by atoms with Gasteiger partial charge in [-0.1, -0.05) is 54.6 Å². The molecule has 0 saturated carbocycles. The number of piperazine rings is 1. The maximum Gasteiger partial charge on any atom is 0.330 e. The minimum absolute atomic E-state index is 0.166. The second kappa shape index (κ2) is 8.02.